The van der Waals surface area contributed by atoms with Crippen LogP contribution in [0.4, 0.5) is 0 Å². The third-order valence-corrected chi connectivity index (χ3v) is 6.14. The van der Waals surface area contributed by atoms with Gasteiger partial charge in [-0.1, -0.05) is 30.8 Å². The molecule has 0 bridgehead atoms. The second-order valence-corrected chi connectivity index (χ2v) is 8.18. The van der Waals surface area contributed by atoms with Crippen LogP contribution in [0, 0.1) is 5.92 Å². The van der Waals surface area contributed by atoms with Gasteiger partial charge in [-0.15, -0.1) is 0 Å². The lowest BCUT2D eigenvalue weighted by atomic mass is 9.99. The van der Waals surface area contributed by atoms with E-state index >= 15 is 0 Å². The number of aromatic nitrogens is 2. The van der Waals surface area contributed by atoms with Gasteiger partial charge in [-0.25, -0.2) is 4.98 Å². The number of amides is 1. The predicted octanol–water partition coefficient (Wildman–Crippen LogP) is 3.39. The number of hydrogen-bond acceptors (Lipinski definition) is 5. The van der Waals surface area contributed by atoms with Crippen molar-refractivity contribution in [1.29, 1.82) is 0 Å². The van der Waals surface area contributed by atoms with Crippen molar-refractivity contribution >= 4 is 28.6 Å². The first kappa shape index (κ1) is 18.8. The molecule has 0 unspecified atom stereocenters. The standard InChI is InChI=1S/C21H23N3O3S/c1-15-8-10-23(11-9-15)19(25)14-28-21-22-18-7-3-2-6-17(18)20(26)24(21)13-16-5-4-12-27-16/h2-7,12,15H,8-11,13-14H2,1H3. The highest BCUT2D eigenvalue weighted by Crippen LogP contribution is 2.21. The maximum absolute atomic E-state index is 13.0. The zero-order chi connectivity index (χ0) is 19.5. The molecular formula is C21H23N3O3S. The minimum Gasteiger partial charge on any atom is -0.467 e. The Bertz CT molecular complexity index is 1020. The molecule has 1 aliphatic heterocycles. The van der Waals surface area contributed by atoms with Crippen LogP contribution in [0.2, 0.25) is 0 Å². The van der Waals surface area contributed by atoms with E-state index in [4.69, 9.17) is 4.42 Å². The summed E-state index contributed by atoms with van der Waals surface area (Å²) in [6.45, 7) is 4.14. The maximum atomic E-state index is 13.0. The summed E-state index contributed by atoms with van der Waals surface area (Å²) in [5.41, 5.74) is 0.522. The minimum atomic E-state index is -0.122. The number of para-hydroxylation sites is 1. The van der Waals surface area contributed by atoms with Crippen molar-refractivity contribution in [1.82, 2.24) is 14.5 Å². The lowest BCUT2D eigenvalue weighted by Gasteiger charge is -2.30. The normalized spacial score (nSPS) is 15.2. The summed E-state index contributed by atoms with van der Waals surface area (Å²) >= 11 is 1.32. The van der Waals surface area contributed by atoms with E-state index in [1.165, 1.54) is 11.8 Å². The first-order chi connectivity index (χ1) is 13.6. The van der Waals surface area contributed by atoms with E-state index in [2.05, 4.69) is 11.9 Å². The molecule has 28 heavy (non-hydrogen) atoms. The van der Waals surface area contributed by atoms with E-state index in [0.29, 0.717) is 34.3 Å². The van der Waals surface area contributed by atoms with Crippen LogP contribution in [-0.2, 0) is 11.3 Å². The highest BCUT2D eigenvalue weighted by molar-refractivity contribution is 7.99. The molecule has 6 nitrogen and oxygen atoms in total. The zero-order valence-corrected chi connectivity index (χ0v) is 16.7. The van der Waals surface area contributed by atoms with E-state index in [9.17, 15) is 9.59 Å². The molecule has 0 spiro atoms. The van der Waals surface area contributed by atoms with Crippen LogP contribution in [0.5, 0.6) is 0 Å². The first-order valence-electron chi connectivity index (χ1n) is 9.54. The lowest BCUT2D eigenvalue weighted by molar-refractivity contribution is -0.129. The molecule has 7 heteroatoms. The number of hydrogen-bond donors (Lipinski definition) is 0. The highest BCUT2D eigenvalue weighted by atomic mass is 32.2. The van der Waals surface area contributed by atoms with Gasteiger partial charge in [-0.2, -0.15) is 0 Å². The number of fused-ring (bicyclic) bond motifs is 1. The molecule has 0 saturated carbocycles. The zero-order valence-electron chi connectivity index (χ0n) is 15.8. The van der Waals surface area contributed by atoms with Crippen molar-refractivity contribution in [2.45, 2.75) is 31.5 Å². The van der Waals surface area contributed by atoms with Crippen molar-refractivity contribution < 1.29 is 9.21 Å². The number of thioether (sulfide) groups is 1. The molecule has 0 N–H and O–H groups in total. The maximum Gasteiger partial charge on any atom is 0.262 e. The topological polar surface area (TPSA) is 68.3 Å². The average Bonchev–Trinajstić information content (AvgIpc) is 3.22. The van der Waals surface area contributed by atoms with Crippen LogP contribution >= 0.6 is 11.8 Å². The summed E-state index contributed by atoms with van der Waals surface area (Å²) in [6.07, 6.45) is 3.68. The minimum absolute atomic E-state index is 0.101. The lowest BCUT2D eigenvalue weighted by Crippen LogP contribution is -2.39. The van der Waals surface area contributed by atoms with Crippen LogP contribution in [0.25, 0.3) is 10.9 Å². The fourth-order valence-corrected chi connectivity index (χ4v) is 4.33. The van der Waals surface area contributed by atoms with Crippen molar-refractivity contribution in [3.63, 3.8) is 0 Å². The number of likely N-dealkylation sites (tertiary alicyclic amines) is 1. The van der Waals surface area contributed by atoms with Crippen LogP contribution in [-0.4, -0.2) is 39.2 Å². The quantitative estimate of drug-likeness (QED) is 0.488. The van der Waals surface area contributed by atoms with Gasteiger partial charge in [0.15, 0.2) is 5.16 Å². The van der Waals surface area contributed by atoms with Gasteiger partial charge in [0, 0.05) is 13.1 Å². The Kier molecular flexibility index (Phi) is 5.52. The number of furan rings is 1. The van der Waals surface area contributed by atoms with Gasteiger partial charge in [0.1, 0.15) is 5.76 Å². The molecule has 0 aliphatic carbocycles. The summed E-state index contributed by atoms with van der Waals surface area (Å²) in [4.78, 5) is 32.2. The van der Waals surface area contributed by atoms with Crippen molar-refractivity contribution in [2.24, 2.45) is 5.92 Å². The summed E-state index contributed by atoms with van der Waals surface area (Å²) in [5, 5.41) is 1.11. The van der Waals surface area contributed by atoms with Gasteiger partial charge in [0.2, 0.25) is 5.91 Å². The highest BCUT2D eigenvalue weighted by Gasteiger charge is 2.21. The van der Waals surface area contributed by atoms with Crippen LogP contribution in [0.1, 0.15) is 25.5 Å². The summed E-state index contributed by atoms with van der Waals surface area (Å²) < 4.78 is 7.01. The Morgan fingerprint density at radius 3 is 2.75 bits per heavy atom. The molecule has 1 amide bonds. The van der Waals surface area contributed by atoms with Gasteiger partial charge in [-0.05, 0) is 43.0 Å². The van der Waals surface area contributed by atoms with Gasteiger partial charge in [0.25, 0.3) is 5.56 Å². The van der Waals surface area contributed by atoms with Crippen LogP contribution in [0.3, 0.4) is 0 Å². The van der Waals surface area contributed by atoms with E-state index in [1.807, 2.05) is 29.2 Å². The number of rotatable bonds is 5. The Morgan fingerprint density at radius 1 is 1.21 bits per heavy atom. The van der Waals surface area contributed by atoms with Crippen molar-refractivity contribution in [3.8, 4) is 0 Å². The smallest absolute Gasteiger partial charge is 0.262 e. The molecule has 1 fully saturated rings. The molecule has 2 aromatic heterocycles. The van der Waals surface area contributed by atoms with E-state index in [0.717, 1.165) is 25.9 Å². The molecule has 0 atom stereocenters. The SMILES string of the molecule is CC1CCN(C(=O)CSc2nc3ccccc3c(=O)n2Cc2ccco2)CC1. The van der Waals surface area contributed by atoms with Crippen molar-refractivity contribution in [2.75, 3.05) is 18.8 Å². The summed E-state index contributed by atoms with van der Waals surface area (Å²) in [6, 6.07) is 10.9. The van der Waals surface area contributed by atoms with Gasteiger partial charge in [0.05, 0.1) is 29.5 Å². The molecule has 0 radical (unpaired) electrons. The third kappa shape index (κ3) is 3.99. The van der Waals surface area contributed by atoms with E-state index in [1.54, 1.807) is 23.0 Å². The first-order valence-corrected chi connectivity index (χ1v) is 10.5. The number of carbonyl (C=O) groups is 1. The Balaban J connectivity index is 1.59. The number of carbonyl (C=O) groups excluding carboxylic acids is 1. The second-order valence-electron chi connectivity index (χ2n) is 7.23. The Labute approximate surface area is 167 Å². The fraction of sp³-hybridized carbons (Fsp3) is 0.381. The molecule has 1 aliphatic rings. The molecule has 3 aromatic rings. The Morgan fingerprint density at radius 2 is 2.00 bits per heavy atom. The molecule has 4 rings (SSSR count). The number of piperidine rings is 1. The van der Waals surface area contributed by atoms with Gasteiger partial charge in [-0.3, -0.25) is 14.2 Å². The van der Waals surface area contributed by atoms with Crippen LogP contribution < -0.4 is 5.56 Å². The molecule has 3 heterocycles. The fourth-order valence-electron chi connectivity index (χ4n) is 3.43. The average molecular weight is 398 g/mol. The second kappa shape index (κ2) is 8.22. The van der Waals surface area contributed by atoms with E-state index in [-0.39, 0.29) is 17.2 Å². The predicted molar refractivity (Wildman–Crippen MR) is 110 cm³/mol. The largest absolute Gasteiger partial charge is 0.467 e. The van der Waals surface area contributed by atoms with Crippen LogP contribution in [0.15, 0.2) is 57.0 Å². The summed E-state index contributed by atoms with van der Waals surface area (Å²) in [7, 11) is 0. The molecule has 1 saturated heterocycles. The van der Waals surface area contributed by atoms with E-state index < -0.39 is 0 Å². The Hall–Kier alpha value is -2.54. The monoisotopic (exact) mass is 397 g/mol. The molecule has 146 valence electrons. The summed E-state index contributed by atoms with van der Waals surface area (Å²) in [5.74, 6) is 1.73. The van der Waals surface area contributed by atoms with Gasteiger partial charge < -0.3 is 9.32 Å². The van der Waals surface area contributed by atoms with Crippen molar-refractivity contribution in [3.05, 3.63) is 58.8 Å². The number of nitrogens with zero attached hydrogens (tertiary/aromatic N) is 3. The van der Waals surface area contributed by atoms with Gasteiger partial charge >= 0.3 is 0 Å². The number of benzene rings is 1. The molecular weight excluding hydrogens is 374 g/mol. The molecule has 1 aromatic carbocycles. The third-order valence-electron chi connectivity index (χ3n) is 5.18.